The van der Waals surface area contributed by atoms with Gasteiger partial charge in [0.25, 0.3) is 0 Å². The van der Waals surface area contributed by atoms with E-state index in [1.165, 1.54) is 0 Å². The third-order valence-corrected chi connectivity index (χ3v) is 7.90. The number of hydrogen-bond donors (Lipinski definition) is 0. The van der Waals surface area contributed by atoms with Crippen LogP contribution in [0, 0.1) is 5.92 Å². The van der Waals surface area contributed by atoms with Crippen LogP contribution in [0.15, 0.2) is 65.7 Å². The number of pyridine rings is 1. The van der Waals surface area contributed by atoms with Crippen LogP contribution in [0.5, 0.6) is 0 Å². The van der Waals surface area contributed by atoms with Crippen LogP contribution >= 0.6 is 0 Å². The molecule has 5 nitrogen and oxygen atoms in total. The first-order valence-electron chi connectivity index (χ1n) is 10.5. The van der Waals surface area contributed by atoms with Crippen molar-refractivity contribution in [1.82, 2.24) is 9.29 Å². The molecule has 0 N–H and O–H groups in total. The van der Waals surface area contributed by atoms with Crippen molar-refractivity contribution in [1.29, 1.82) is 0 Å². The molecule has 0 saturated carbocycles. The number of rotatable bonds is 5. The summed E-state index contributed by atoms with van der Waals surface area (Å²) in [7, 11) is -3.78. The van der Waals surface area contributed by atoms with Gasteiger partial charge in [-0.3, -0.25) is 4.98 Å². The largest absolute Gasteiger partial charge is 0.375 e. The van der Waals surface area contributed by atoms with Crippen LogP contribution in [0.25, 0.3) is 10.9 Å². The van der Waals surface area contributed by atoms with Crippen LogP contribution in [0.1, 0.15) is 37.8 Å². The molecule has 1 aliphatic rings. The van der Waals surface area contributed by atoms with Crippen LogP contribution in [-0.2, 0) is 27.9 Å². The maximum atomic E-state index is 14.0. The quantitative estimate of drug-likeness (QED) is 0.592. The lowest BCUT2D eigenvalue weighted by Gasteiger charge is -2.34. The van der Waals surface area contributed by atoms with Crippen molar-refractivity contribution in [3.8, 4) is 0 Å². The van der Waals surface area contributed by atoms with Gasteiger partial charge in [-0.15, -0.1) is 0 Å². The summed E-state index contributed by atoms with van der Waals surface area (Å²) < 4.78 is 35.6. The molecule has 2 atom stereocenters. The molecule has 2 heterocycles. The van der Waals surface area contributed by atoms with E-state index in [1.807, 2.05) is 42.5 Å². The molecule has 6 heteroatoms. The molecule has 0 aliphatic carbocycles. The number of benzene rings is 2. The summed E-state index contributed by atoms with van der Waals surface area (Å²) in [6.45, 7) is 5.54. The second-order valence-electron chi connectivity index (χ2n) is 8.07. The van der Waals surface area contributed by atoms with Gasteiger partial charge in [-0.2, -0.15) is 4.31 Å². The molecule has 4 rings (SSSR count). The number of fused-ring (bicyclic) bond motifs is 2. The van der Waals surface area contributed by atoms with Gasteiger partial charge >= 0.3 is 0 Å². The highest BCUT2D eigenvalue weighted by Crippen LogP contribution is 2.31. The average Bonchev–Trinajstić information content (AvgIpc) is 2.75. The number of sulfonamides is 1. The Morgan fingerprint density at radius 3 is 2.67 bits per heavy atom. The number of hydrogen-bond acceptors (Lipinski definition) is 4. The van der Waals surface area contributed by atoms with Gasteiger partial charge in [-0.1, -0.05) is 62.7 Å². The molecule has 0 radical (unpaired) electrons. The summed E-state index contributed by atoms with van der Waals surface area (Å²) in [4.78, 5) is 4.65. The van der Waals surface area contributed by atoms with E-state index in [-0.39, 0.29) is 10.9 Å². The second-order valence-corrected chi connectivity index (χ2v) is 9.93. The van der Waals surface area contributed by atoms with Gasteiger partial charge in [0.15, 0.2) is 0 Å². The Balaban J connectivity index is 1.83. The zero-order chi connectivity index (χ0) is 21.1. The molecule has 0 bridgehead atoms. The summed E-state index contributed by atoms with van der Waals surface area (Å²) >= 11 is 0. The monoisotopic (exact) mass is 424 g/mol. The first-order valence-corrected chi connectivity index (χ1v) is 11.9. The normalized spacial score (nSPS) is 19.1. The van der Waals surface area contributed by atoms with E-state index in [9.17, 15) is 8.42 Å². The van der Waals surface area contributed by atoms with E-state index in [2.05, 4.69) is 18.8 Å². The molecule has 158 valence electrons. The molecule has 0 spiro atoms. The fourth-order valence-electron chi connectivity index (χ4n) is 4.05. The predicted octanol–water partition coefficient (Wildman–Crippen LogP) is 4.76. The zero-order valence-corrected chi connectivity index (χ0v) is 18.3. The third kappa shape index (κ3) is 4.13. The Morgan fingerprint density at radius 2 is 1.87 bits per heavy atom. The van der Waals surface area contributed by atoms with Crippen LogP contribution in [0.4, 0.5) is 0 Å². The second kappa shape index (κ2) is 8.84. The van der Waals surface area contributed by atoms with Gasteiger partial charge in [0.05, 0.1) is 18.7 Å². The summed E-state index contributed by atoms with van der Waals surface area (Å²) in [5.74, 6) is 0.400. The maximum Gasteiger partial charge on any atom is 0.245 e. The molecule has 2 unspecified atom stereocenters. The fraction of sp³-hybridized carbons (Fsp3) is 0.375. The minimum Gasteiger partial charge on any atom is -0.375 e. The Labute approximate surface area is 178 Å². The molecule has 2 aromatic carbocycles. The van der Waals surface area contributed by atoms with Gasteiger partial charge in [-0.05, 0) is 35.6 Å². The highest BCUT2D eigenvalue weighted by molar-refractivity contribution is 7.89. The number of para-hydroxylation sites is 1. The van der Waals surface area contributed by atoms with Crippen molar-refractivity contribution < 1.29 is 13.2 Å². The Morgan fingerprint density at radius 1 is 1.10 bits per heavy atom. The average molecular weight is 425 g/mol. The number of nitrogens with zero attached hydrogens (tertiary/aromatic N) is 2. The van der Waals surface area contributed by atoms with Gasteiger partial charge in [0.1, 0.15) is 4.90 Å². The first-order chi connectivity index (χ1) is 14.5. The lowest BCUT2D eigenvalue weighted by Crippen LogP contribution is -2.44. The van der Waals surface area contributed by atoms with Crippen molar-refractivity contribution in [2.24, 2.45) is 5.92 Å². The smallest absolute Gasteiger partial charge is 0.245 e. The number of aromatic nitrogens is 1. The van der Waals surface area contributed by atoms with Crippen LogP contribution in [-0.4, -0.2) is 30.4 Å². The highest BCUT2D eigenvalue weighted by Gasteiger charge is 2.35. The van der Waals surface area contributed by atoms with E-state index in [0.717, 1.165) is 29.4 Å². The molecule has 0 amide bonds. The Kier molecular flexibility index (Phi) is 6.18. The lowest BCUT2D eigenvalue weighted by atomic mass is 9.98. The van der Waals surface area contributed by atoms with Gasteiger partial charge < -0.3 is 4.74 Å². The van der Waals surface area contributed by atoms with Crippen molar-refractivity contribution in [3.63, 3.8) is 0 Å². The minimum atomic E-state index is -3.78. The molecule has 30 heavy (non-hydrogen) atoms. The van der Waals surface area contributed by atoms with E-state index in [0.29, 0.717) is 31.2 Å². The summed E-state index contributed by atoms with van der Waals surface area (Å²) in [5, 5.41) is 0.820. The molecular weight excluding hydrogens is 396 g/mol. The number of ether oxygens (including phenoxy) is 1. The lowest BCUT2D eigenvalue weighted by molar-refractivity contribution is 0.0589. The summed E-state index contributed by atoms with van der Waals surface area (Å²) in [6.07, 6.45) is 3.40. The van der Waals surface area contributed by atoms with E-state index < -0.39 is 10.0 Å². The maximum absolute atomic E-state index is 14.0. The molecule has 3 aromatic rings. The zero-order valence-electron chi connectivity index (χ0n) is 17.5. The summed E-state index contributed by atoms with van der Waals surface area (Å²) in [6, 6.07) is 16.8. The van der Waals surface area contributed by atoms with Crippen molar-refractivity contribution in [3.05, 3.63) is 71.9 Å². The summed E-state index contributed by atoms with van der Waals surface area (Å²) in [5.41, 5.74) is 2.54. The third-order valence-electron chi connectivity index (χ3n) is 5.97. The van der Waals surface area contributed by atoms with E-state index in [4.69, 9.17) is 4.74 Å². The van der Waals surface area contributed by atoms with E-state index in [1.54, 1.807) is 22.6 Å². The topological polar surface area (TPSA) is 59.5 Å². The SMILES string of the molecule is CCC(C)CC1COCc2ccccc2CN1S(=O)(=O)c1cccc2cccnc12. The van der Waals surface area contributed by atoms with Gasteiger partial charge in [0.2, 0.25) is 10.0 Å². The molecule has 0 fully saturated rings. The van der Waals surface area contributed by atoms with Crippen molar-refractivity contribution in [2.45, 2.75) is 50.8 Å². The van der Waals surface area contributed by atoms with Crippen LogP contribution < -0.4 is 0 Å². The van der Waals surface area contributed by atoms with Crippen molar-refractivity contribution in [2.75, 3.05) is 6.61 Å². The fourth-order valence-corrected chi connectivity index (χ4v) is 5.81. The predicted molar refractivity (Wildman–Crippen MR) is 118 cm³/mol. The van der Waals surface area contributed by atoms with Gasteiger partial charge in [-0.25, -0.2) is 8.42 Å². The molecule has 1 aliphatic heterocycles. The highest BCUT2D eigenvalue weighted by atomic mass is 32.2. The van der Waals surface area contributed by atoms with Gasteiger partial charge in [0, 0.05) is 24.2 Å². The Hall–Kier alpha value is -2.28. The molecular formula is C24H28N2O3S. The standard InChI is InChI=1S/C24H28N2O3S/c1-3-18(2)14-22-17-29-16-21-9-5-4-8-20(21)15-26(22)30(27,28)23-12-6-10-19-11-7-13-25-24(19)23/h4-13,18,22H,3,14-17H2,1-2H3. The Bertz CT molecular complexity index is 1120. The minimum absolute atomic E-state index is 0.225. The molecule has 0 saturated heterocycles. The van der Waals surface area contributed by atoms with Crippen LogP contribution in [0.2, 0.25) is 0 Å². The van der Waals surface area contributed by atoms with E-state index >= 15 is 0 Å². The van der Waals surface area contributed by atoms with Crippen molar-refractivity contribution >= 4 is 20.9 Å². The first kappa shape index (κ1) is 21.0. The molecule has 1 aromatic heterocycles. The van der Waals surface area contributed by atoms with Crippen LogP contribution in [0.3, 0.4) is 0 Å².